The summed E-state index contributed by atoms with van der Waals surface area (Å²) in [5.41, 5.74) is -0.173. The summed E-state index contributed by atoms with van der Waals surface area (Å²) in [6.07, 6.45) is -5.64. The molecular formula is C10H9F3O3. The number of phenols is 1. The number of phenolic OH excluding ortho intramolecular Hbond substituents is 1. The van der Waals surface area contributed by atoms with Gasteiger partial charge in [-0.3, -0.25) is 4.79 Å². The molecule has 0 aliphatic carbocycles. The first-order valence-corrected chi connectivity index (χ1v) is 4.38. The van der Waals surface area contributed by atoms with E-state index in [4.69, 9.17) is 10.2 Å². The molecule has 0 aliphatic heterocycles. The van der Waals surface area contributed by atoms with Crippen molar-refractivity contribution in [1.29, 1.82) is 0 Å². The first-order valence-electron chi connectivity index (χ1n) is 4.38. The van der Waals surface area contributed by atoms with E-state index in [1.54, 1.807) is 0 Å². The highest BCUT2D eigenvalue weighted by atomic mass is 19.4. The fraction of sp³-hybridized carbons (Fsp3) is 0.300. The molecule has 0 saturated heterocycles. The van der Waals surface area contributed by atoms with Gasteiger partial charge >= 0.3 is 12.1 Å². The van der Waals surface area contributed by atoms with Crippen molar-refractivity contribution in [3.05, 3.63) is 29.8 Å². The van der Waals surface area contributed by atoms with E-state index in [1.807, 2.05) is 0 Å². The van der Waals surface area contributed by atoms with Crippen molar-refractivity contribution in [2.24, 2.45) is 0 Å². The van der Waals surface area contributed by atoms with Crippen molar-refractivity contribution in [3.63, 3.8) is 0 Å². The minimum absolute atomic E-state index is 0.167. The number of carboxylic acid groups (broad SMARTS) is 1. The monoisotopic (exact) mass is 234 g/mol. The highest BCUT2D eigenvalue weighted by molar-refractivity contribution is 5.68. The molecule has 6 heteroatoms. The van der Waals surface area contributed by atoms with Crippen molar-refractivity contribution >= 4 is 5.97 Å². The summed E-state index contributed by atoms with van der Waals surface area (Å²) in [5, 5.41) is 17.3. The highest BCUT2D eigenvalue weighted by Crippen LogP contribution is 2.37. The van der Waals surface area contributed by atoms with Gasteiger partial charge in [0.1, 0.15) is 5.75 Å². The predicted octanol–water partition coefficient (Wildman–Crippen LogP) is 2.51. The number of benzene rings is 1. The average molecular weight is 234 g/mol. The maximum Gasteiger partial charge on any atom is 0.396 e. The van der Waals surface area contributed by atoms with Crippen LogP contribution in [0.15, 0.2) is 24.3 Å². The minimum atomic E-state index is -4.62. The molecular weight excluding hydrogens is 225 g/mol. The first-order chi connectivity index (χ1) is 7.30. The molecule has 88 valence electrons. The largest absolute Gasteiger partial charge is 0.508 e. The summed E-state index contributed by atoms with van der Waals surface area (Å²) in [6.45, 7) is 0. The molecule has 0 amide bonds. The van der Waals surface area contributed by atoms with E-state index < -0.39 is 24.5 Å². The minimum Gasteiger partial charge on any atom is -0.508 e. The normalized spacial score (nSPS) is 13.4. The van der Waals surface area contributed by atoms with E-state index in [1.165, 1.54) is 0 Å². The van der Waals surface area contributed by atoms with Gasteiger partial charge in [0.25, 0.3) is 0 Å². The van der Waals surface area contributed by atoms with E-state index in [-0.39, 0.29) is 11.3 Å². The van der Waals surface area contributed by atoms with Gasteiger partial charge in [0.15, 0.2) is 0 Å². The summed E-state index contributed by atoms with van der Waals surface area (Å²) in [5.74, 6) is -3.74. The summed E-state index contributed by atoms with van der Waals surface area (Å²) >= 11 is 0. The van der Waals surface area contributed by atoms with E-state index in [0.29, 0.717) is 0 Å². The highest BCUT2D eigenvalue weighted by Gasteiger charge is 2.41. The SMILES string of the molecule is O=C(O)CC(c1ccc(O)cc1)C(F)(F)F. The van der Waals surface area contributed by atoms with E-state index in [2.05, 4.69) is 0 Å². The number of halogens is 3. The smallest absolute Gasteiger partial charge is 0.396 e. The lowest BCUT2D eigenvalue weighted by atomic mass is 9.95. The quantitative estimate of drug-likeness (QED) is 0.844. The molecule has 1 rings (SSSR count). The Morgan fingerprint density at radius 3 is 2.12 bits per heavy atom. The third-order valence-corrected chi connectivity index (χ3v) is 2.07. The summed E-state index contributed by atoms with van der Waals surface area (Å²) in [6, 6.07) is 4.32. The van der Waals surface area contributed by atoms with Crippen molar-refractivity contribution in [2.75, 3.05) is 0 Å². The number of alkyl halides is 3. The van der Waals surface area contributed by atoms with Crippen LogP contribution in [0.4, 0.5) is 13.2 Å². The van der Waals surface area contributed by atoms with Gasteiger partial charge in [-0.2, -0.15) is 13.2 Å². The number of carbonyl (C=O) groups is 1. The molecule has 0 spiro atoms. The van der Waals surface area contributed by atoms with Crippen LogP contribution < -0.4 is 0 Å². The molecule has 0 aliphatic rings. The number of aromatic hydroxyl groups is 1. The van der Waals surface area contributed by atoms with Gasteiger partial charge in [0.05, 0.1) is 12.3 Å². The molecule has 1 aromatic rings. The van der Waals surface area contributed by atoms with Crippen LogP contribution in [0.3, 0.4) is 0 Å². The summed E-state index contributed by atoms with van der Waals surface area (Å²) in [4.78, 5) is 10.3. The van der Waals surface area contributed by atoms with Crippen LogP contribution in [-0.2, 0) is 4.79 Å². The molecule has 3 nitrogen and oxygen atoms in total. The lowest BCUT2D eigenvalue weighted by molar-refractivity contribution is -0.163. The number of aliphatic carboxylic acids is 1. The molecule has 0 heterocycles. The Kier molecular flexibility index (Phi) is 3.41. The van der Waals surface area contributed by atoms with Crippen LogP contribution in [0, 0.1) is 0 Å². The fourth-order valence-electron chi connectivity index (χ4n) is 1.30. The van der Waals surface area contributed by atoms with Gasteiger partial charge < -0.3 is 10.2 Å². The van der Waals surface area contributed by atoms with Gasteiger partial charge in [-0.25, -0.2) is 0 Å². The van der Waals surface area contributed by atoms with Crippen molar-refractivity contribution in [2.45, 2.75) is 18.5 Å². The van der Waals surface area contributed by atoms with E-state index in [9.17, 15) is 18.0 Å². The van der Waals surface area contributed by atoms with Gasteiger partial charge in [-0.15, -0.1) is 0 Å². The molecule has 0 fully saturated rings. The van der Waals surface area contributed by atoms with Crippen LogP contribution in [0.1, 0.15) is 17.9 Å². The Morgan fingerprint density at radius 2 is 1.75 bits per heavy atom. The molecule has 0 aromatic heterocycles. The number of rotatable bonds is 3. The van der Waals surface area contributed by atoms with Gasteiger partial charge in [0.2, 0.25) is 0 Å². The third kappa shape index (κ3) is 3.15. The Hall–Kier alpha value is -1.72. The Labute approximate surface area is 89.1 Å². The molecule has 0 radical (unpaired) electrons. The van der Waals surface area contributed by atoms with E-state index >= 15 is 0 Å². The second kappa shape index (κ2) is 4.42. The zero-order chi connectivity index (χ0) is 12.3. The summed E-state index contributed by atoms with van der Waals surface area (Å²) in [7, 11) is 0. The fourth-order valence-corrected chi connectivity index (χ4v) is 1.30. The Bertz CT molecular complexity index is 370. The van der Waals surface area contributed by atoms with Crippen molar-refractivity contribution in [1.82, 2.24) is 0 Å². The lowest BCUT2D eigenvalue weighted by Gasteiger charge is -2.18. The molecule has 0 saturated carbocycles. The number of hydrogen-bond acceptors (Lipinski definition) is 2. The summed E-state index contributed by atoms with van der Waals surface area (Å²) < 4.78 is 37.6. The molecule has 1 aromatic carbocycles. The van der Waals surface area contributed by atoms with Gasteiger partial charge in [-0.05, 0) is 17.7 Å². The standard InChI is InChI=1S/C10H9F3O3/c11-10(12,13)8(5-9(15)16)6-1-3-7(14)4-2-6/h1-4,8,14H,5H2,(H,15,16). The molecule has 1 atom stereocenters. The Morgan fingerprint density at radius 1 is 1.25 bits per heavy atom. The van der Waals surface area contributed by atoms with Crippen LogP contribution in [0.2, 0.25) is 0 Å². The van der Waals surface area contributed by atoms with Crippen molar-refractivity contribution in [3.8, 4) is 5.75 Å². The van der Waals surface area contributed by atoms with Crippen LogP contribution in [-0.4, -0.2) is 22.4 Å². The molecule has 16 heavy (non-hydrogen) atoms. The zero-order valence-corrected chi connectivity index (χ0v) is 8.03. The molecule has 0 bridgehead atoms. The second-order valence-corrected chi connectivity index (χ2v) is 3.28. The number of carboxylic acids is 1. The van der Waals surface area contributed by atoms with Crippen LogP contribution in [0.5, 0.6) is 5.75 Å². The zero-order valence-electron chi connectivity index (χ0n) is 8.03. The number of hydrogen-bond donors (Lipinski definition) is 2. The molecule has 2 N–H and O–H groups in total. The Balaban J connectivity index is 3.01. The maximum atomic E-state index is 12.5. The second-order valence-electron chi connectivity index (χ2n) is 3.28. The van der Waals surface area contributed by atoms with E-state index in [0.717, 1.165) is 24.3 Å². The lowest BCUT2D eigenvalue weighted by Crippen LogP contribution is -2.23. The predicted molar refractivity (Wildman–Crippen MR) is 49.2 cm³/mol. The average Bonchev–Trinajstić information content (AvgIpc) is 2.14. The first kappa shape index (κ1) is 12.4. The van der Waals surface area contributed by atoms with Gasteiger partial charge in [0, 0.05) is 0 Å². The maximum absolute atomic E-state index is 12.5. The van der Waals surface area contributed by atoms with Crippen molar-refractivity contribution < 1.29 is 28.2 Å². The van der Waals surface area contributed by atoms with Crippen LogP contribution in [0.25, 0.3) is 0 Å². The topological polar surface area (TPSA) is 57.5 Å². The van der Waals surface area contributed by atoms with Crippen LogP contribution >= 0.6 is 0 Å². The van der Waals surface area contributed by atoms with Gasteiger partial charge in [-0.1, -0.05) is 12.1 Å². The molecule has 1 unspecified atom stereocenters. The third-order valence-electron chi connectivity index (χ3n) is 2.07.